The van der Waals surface area contributed by atoms with Crippen molar-refractivity contribution >= 4 is 35.8 Å². The van der Waals surface area contributed by atoms with Crippen LogP contribution in [0, 0.1) is 0 Å². The second kappa shape index (κ2) is 11.6. The monoisotopic (exact) mass is 470 g/mol. The van der Waals surface area contributed by atoms with Crippen LogP contribution in [0.15, 0.2) is 51.9 Å². The molecule has 0 spiro atoms. The minimum atomic E-state index is -0.574. The van der Waals surface area contributed by atoms with Gasteiger partial charge in [-0.2, -0.15) is 0 Å². The van der Waals surface area contributed by atoms with Crippen molar-refractivity contribution < 1.29 is 9.21 Å². The molecule has 6 nitrogen and oxygen atoms in total. The Kier molecular flexibility index (Phi) is 9.79. The van der Waals surface area contributed by atoms with E-state index < -0.39 is 5.91 Å². The van der Waals surface area contributed by atoms with Crippen molar-refractivity contribution in [2.75, 3.05) is 6.54 Å². The second-order valence-corrected chi connectivity index (χ2v) is 5.90. The average Bonchev–Trinajstić information content (AvgIpc) is 3.08. The van der Waals surface area contributed by atoms with Gasteiger partial charge in [-0.05, 0) is 44.4 Å². The zero-order chi connectivity index (χ0) is 18.1. The predicted molar refractivity (Wildman–Crippen MR) is 115 cm³/mol. The van der Waals surface area contributed by atoms with Crippen LogP contribution in [0.4, 0.5) is 0 Å². The van der Waals surface area contributed by atoms with E-state index in [0.29, 0.717) is 12.3 Å². The minimum absolute atomic E-state index is 0. The summed E-state index contributed by atoms with van der Waals surface area (Å²) in [6.07, 6.45) is 2.01. The van der Waals surface area contributed by atoms with Gasteiger partial charge >= 0.3 is 0 Å². The summed E-state index contributed by atoms with van der Waals surface area (Å²) in [5.74, 6) is 0.900. The second-order valence-electron chi connectivity index (χ2n) is 5.90. The predicted octanol–water partition coefficient (Wildman–Crippen LogP) is 3.07. The van der Waals surface area contributed by atoms with E-state index >= 15 is 0 Å². The maximum absolute atomic E-state index is 11.1. The molecule has 1 heterocycles. The Balaban J connectivity index is 0.00000338. The summed E-state index contributed by atoms with van der Waals surface area (Å²) in [6.45, 7) is 5.26. The summed E-state index contributed by atoms with van der Waals surface area (Å²) in [5, 5.41) is 6.61. The van der Waals surface area contributed by atoms with Crippen LogP contribution in [-0.2, 0) is 13.0 Å². The number of carbonyl (C=O) groups is 1. The molecular weight excluding hydrogens is 443 g/mol. The van der Waals surface area contributed by atoms with E-state index in [9.17, 15) is 4.79 Å². The van der Waals surface area contributed by atoms with Gasteiger partial charge in [0.25, 0.3) is 5.91 Å². The van der Waals surface area contributed by atoms with E-state index in [-0.39, 0.29) is 35.8 Å². The number of rotatable bonds is 8. The number of amides is 1. The molecule has 0 bridgehead atoms. The van der Waals surface area contributed by atoms with Crippen molar-refractivity contribution in [1.82, 2.24) is 10.6 Å². The number of benzene rings is 1. The number of guanidine groups is 1. The number of halogens is 1. The van der Waals surface area contributed by atoms with Gasteiger partial charge in [0.1, 0.15) is 12.3 Å². The fraction of sp³-hybridized carbons (Fsp3) is 0.368. The molecule has 1 atom stereocenters. The summed E-state index contributed by atoms with van der Waals surface area (Å²) < 4.78 is 5.35. The lowest BCUT2D eigenvalue weighted by molar-refractivity contribution is 0.0972. The molecule has 1 aromatic heterocycles. The van der Waals surface area contributed by atoms with E-state index in [0.717, 1.165) is 25.3 Å². The molecule has 1 aromatic carbocycles. The molecule has 1 unspecified atom stereocenters. The number of primary amides is 1. The number of nitrogens with one attached hydrogen (secondary N) is 2. The third kappa shape index (κ3) is 7.47. The van der Waals surface area contributed by atoms with Gasteiger partial charge in [-0.15, -0.1) is 24.0 Å². The van der Waals surface area contributed by atoms with Crippen LogP contribution in [-0.4, -0.2) is 24.5 Å². The highest BCUT2D eigenvalue weighted by molar-refractivity contribution is 14.0. The van der Waals surface area contributed by atoms with Crippen molar-refractivity contribution in [3.05, 3.63) is 59.5 Å². The molecular formula is C19H27IN4O2. The van der Waals surface area contributed by atoms with Gasteiger partial charge in [0.2, 0.25) is 0 Å². The number of hydrogen-bond acceptors (Lipinski definition) is 3. The van der Waals surface area contributed by atoms with Gasteiger partial charge in [-0.1, -0.05) is 30.3 Å². The first-order chi connectivity index (χ1) is 12.1. The normalized spacial score (nSPS) is 12.2. The first-order valence-corrected chi connectivity index (χ1v) is 8.55. The first kappa shape index (κ1) is 22.0. The largest absolute Gasteiger partial charge is 0.454 e. The van der Waals surface area contributed by atoms with Crippen LogP contribution in [0.25, 0.3) is 0 Å². The van der Waals surface area contributed by atoms with Crippen molar-refractivity contribution in [2.45, 2.75) is 39.3 Å². The maximum atomic E-state index is 11.1. The maximum Gasteiger partial charge on any atom is 0.284 e. The van der Waals surface area contributed by atoms with Gasteiger partial charge in [0, 0.05) is 12.6 Å². The molecule has 0 fully saturated rings. The molecule has 26 heavy (non-hydrogen) atoms. The molecule has 0 radical (unpaired) electrons. The van der Waals surface area contributed by atoms with E-state index in [2.05, 4.69) is 46.8 Å². The molecule has 0 saturated carbocycles. The number of carbonyl (C=O) groups excluding carboxylic acids is 1. The lowest BCUT2D eigenvalue weighted by Gasteiger charge is -2.17. The SMILES string of the molecule is CCNC(=NCc1ccc(C(N)=O)o1)NC(C)CCc1ccccc1.I. The molecule has 1 amide bonds. The number of furan rings is 1. The highest BCUT2D eigenvalue weighted by Crippen LogP contribution is 2.08. The van der Waals surface area contributed by atoms with Crippen LogP contribution < -0.4 is 16.4 Å². The van der Waals surface area contributed by atoms with Crippen molar-refractivity contribution in [3.63, 3.8) is 0 Å². The van der Waals surface area contributed by atoms with Gasteiger partial charge in [-0.25, -0.2) is 4.99 Å². The van der Waals surface area contributed by atoms with E-state index in [1.54, 1.807) is 12.1 Å². The molecule has 0 aliphatic heterocycles. The smallest absolute Gasteiger partial charge is 0.284 e. The van der Waals surface area contributed by atoms with Gasteiger partial charge in [0.05, 0.1) is 0 Å². The molecule has 0 aliphatic rings. The molecule has 142 valence electrons. The van der Waals surface area contributed by atoms with E-state index in [4.69, 9.17) is 10.2 Å². The van der Waals surface area contributed by atoms with Gasteiger partial charge in [-0.3, -0.25) is 4.79 Å². The molecule has 2 aromatic rings. The van der Waals surface area contributed by atoms with Gasteiger partial charge < -0.3 is 20.8 Å². The zero-order valence-electron chi connectivity index (χ0n) is 15.2. The standard InChI is InChI=1S/C19H26N4O2.HI/c1-3-21-19(22-13-16-11-12-17(25-16)18(20)24)23-14(2)9-10-15-7-5-4-6-8-15;/h4-8,11-12,14H,3,9-10,13H2,1-2H3,(H2,20,24)(H2,21,22,23);1H. The quantitative estimate of drug-likeness (QED) is 0.314. The topological polar surface area (TPSA) is 92.6 Å². The van der Waals surface area contributed by atoms with E-state index in [1.165, 1.54) is 5.56 Å². The molecule has 4 N–H and O–H groups in total. The third-order valence-electron chi connectivity index (χ3n) is 3.73. The summed E-state index contributed by atoms with van der Waals surface area (Å²) in [7, 11) is 0. The Morgan fingerprint density at radius 2 is 1.96 bits per heavy atom. The average molecular weight is 470 g/mol. The van der Waals surface area contributed by atoms with Crippen molar-refractivity contribution in [2.24, 2.45) is 10.7 Å². The number of nitrogens with zero attached hydrogens (tertiary/aromatic N) is 1. The molecule has 2 rings (SSSR count). The Morgan fingerprint density at radius 1 is 1.23 bits per heavy atom. The summed E-state index contributed by atoms with van der Waals surface area (Å²) in [4.78, 5) is 15.6. The van der Waals surface area contributed by atoms with Gasteiger partial charge in [0.15, 0.2) is 11.7 Å². The van der Waals surface area contributed by atoms with Crippen LogP contribution in [0.2, 0.25) is 0 Å². The lowest BCUT2D eigenvalue weighted by atomic mass is 10.1. The van der Waals surface area contributed by atoms with Crippen molar-refractivity contribution in [3.8, 4) is 0 Å². The van der Waals surface area contributed by atoms with Crippen LogP contribution in [0.1, 0.15) is 42.1 Å². The minimum Gasteiger partial charge on any atom is -0.454 e. The number of aliphatic imine (C=N–C) groups is 1. The lowest BCUT2D eigenvalue weighted by Crippen LogP contribution is -2.42. The highest BCUT2D eigenvalue weighted by Gasteiger charge is 2.08. The Labute approximate surface area is 171 Å². The molecule has 0 aliphatic carbocycles. The van der Waals surface area contributed by atoms with Crippen LogP contribution in [0.3, 0.4) is 0 Å². The molecule has 0 saturated heterocycles. The Bertz CT molecular complexity index is 701. The Morgan fingerprint density at radius 3 is 2.58 bits per heavy atom. The van der Waals surface area contributed by atoms with E-state index in [1.807, 2.05) is 13.0 Å². The number of aryl methyl sites for hydroxylation is 1. The number of nitrogens with two attached hydrogens (primary N) is 1. The summed E-state index contributed by atoms with van der Waals surface area (Å²) >= 11 is 0. The fourth-order valence-electron chi connectivity index (χ4n) is 2.41. The molecule has 7 heteroatoms. The zero-order valence-corrected chi connectivity index (χ0v) is 17.5. The Hall–Kier alpha value is -2.03. The fourth-order valence-corrected chi connectivity index (χ4v) is 2.41. The number of hydrogen-bond donors (Lipinski definition) is 3. The van der Waals surface area contributed by atoms with Crippen LogP contribution >= 0.6 is 24.0 Å². The highest BCUT2D eigenvalue weighted by atomic mass is 127. The first-order valence-electron chi connectivity index (χ1n) is 8.55. The van der Waals surface area contributed by atoms with Crippen molar-refractivity contribution in [1.29, 1.82) is 0 Å². The summed E-state index contributed by atoms with van der Waals surface area (Å²) in [5.41, 5.74) is 6.51. The summed E-state index contributed by atoms with van der Waals surface area (Å²) in [6, 6.07) is 14.0. The third-order valence-corrected chi connectivity index (χ3v) is 3.73. The van der Waals surface area contributed by atoms with Crippen LogP contribution in [0.5, 0.6) is 0 Å².